The number of carbonyl (C=O) groups excluding carboxylic acids is 3. The molecule has 2 N–H and O–H groups in total. The molecule has 0 fully saturated rings. The van der Waals surface area contributed by atoms with Crippen molar-refractivity contribution < 1.29 is 32.3 Å². The highest BCUT2D eigenvalue weighted by molar-refractivity contribution is 6.30. The molecule has 138 valence electrons. The van der Waals surface area contributed by atoms with Crippen LogP contribution in [0.3, 0.4) is 0 Å². The van der Waals surface area contributed by atoms with Gasteiger partial charge in [-0.2, -0.15) is 13.2 Å². The van der Waals surface area contributed by atoms with Gasteiger partial charge in [-0.05, 0) is 13.0 Å². The lowest BCUT2D eigenvalue weighted by molar-refractivity contribution is -0.155. The number of rotatable bonds is 4. The van der Waals surface area contributed by atoms with E-state index in [1.54, 1.807) is 0 Å². The fourth-order valence-electron chi connectivity index (χ4n) is 1.57. The maximum atomic E-state index is 12.7. The molecule has 0 radical (unpaired) electrons. The number of amides is 3. The second-order valence-electron chi connectivity index (χ2n) is 4.71. The number of esters is 1. The lowest BCUT2D eigenvalue weighted by Crippen LogP contribution is -2.44. The van der Waals surface area contributed by atoms with Gasteiger partial charge in [-0.1, -0.05) is 11.6 Å². The Hall–Kier alpha value is -2.56. The fraction of sp³-hybridized carbons (Fsp3) is 0.385. The quantitative estimate of drug-likeness (QED) is 0.752. The summed E-state index contributed by atoms with van der Waals surface area (Å²) in [6.45, 7) is 0.234. The first-order valence-corrected chi connectivity index (χ1v) is 7.02. The number of carbonyl (C=O) groups is 3. The number of hydrogen-bond acceptors (Lipinski definition) is 5. The molecule has 1 aromatic rings. The summed E-state index contributed by atoms with van der Waals surface area (Å²) in [4.78, 5) is 45.9. The van der Waals surface area contributed by atoms with Crippen molar-refractivity contribution in [1.82, 2.24) is 15.2 Å². The van der Waals surface area contributed by atoms with E-state index in [9.17, 15) is 32.3 Å². The number of hydrogen-bond donors (Lipinski definition) is 2. The summed E-state index contributed by atoms with van der Waals surface area (Å²) in [5.74, 6) is -2.13. The number of alkyl halides is 3. The van der Waals surface area contributed by atoms with Crippen LogP contribution in [0.15, 0.2) is 17.1 Å². The summed E-state index contributed by atoms with van der Waals surface area (Å²) < 4.78 is 43.2. The number of ether oxygens (including phenoxy) is 1. The molecule has 0 aliphatic carbocycles. The number of nitrogens with zero attached hydrogens (tertiary/aromatic N) is 1. The molecule has 0 spiro atoms. The third kappa shape index (κ3) is 5.78. The second-order valence-corrected chi connectivity index (χ2v) is 5.12. The highest BCUT2D eigenvalue weighted by Crippen LogP contribution is 2.29. The molecular formula is C13H13ClF3N3O5. The van der Waals surface area contributed by atoms with Crippen LogP contribution in [0.4, 0.5) is 18.0 Å². The van der Waals surface area contributed by atoms with Crippen LogP contribution in [0.5, 0.6) is 0 Å². The SMILES string of the molecule is CNC(=O)NC(=O)[C@@H](C)OC(=O)Cn1cc(C(F)(F)F)cc(Cl)c1=O. The zero-order chi connectivity index (χ0) is 19.4. The van der Waals surface area contributed by atoms with Gasteiger partial charge in [-0.25, -0.2) is 4.79 Å². The summed E-state index contributed by atoms with van der Waals surface area (Å²) in [5.41, 5.74) is -2.26. The highest BCUT2D eigenvalue weighted by atomic mass is 35.5. The van der Waals surface area contributed by atoms with Gasteiger partial charge in [0.2, 0.25) is 0 Å². The van der Waals surface area contributed by atoms with Gasteiger partial charge in [-0.15, -0.1) is 0 Å². The van der Waals surface area contributed by atoms with E-state index in [1.165, 1.54) is 7.05 Å². The number of aromatic nitrogens is 1. The Kier molecular flexibility index (Phi) is 6.56. The zero-order valence-electron chi connectivity index (χ0n) is 12.9. The molecule has 12 heteroatoms. The lowest BCUT2D eigenvalue weighted by atomic mass is 10.2. The van der Waals surface area contributed by atoms with E-state index >= 15 is 0 Å². The Morgan fingerprint density at radius 3 is 2.48 bits per heavy atom. The maximum Gasteiger partial charge on any atom is 0.417 e. The Balaban J connectivity index is 2.87. The van der Waals surface area contributed by atoms with Gasteiger partial charge in [0.25, 0.3) is 11.5 Å². The van der Waals surface area contributed by atoms with Crippen LogP contribution >= 0.6 is 11.6 Å². The van der Waals surface area contributed by atoms with E-state index in [2.05, 4.69) is 10.1 Å². The van der Waals surface area contributed by atoms with Crippen molar-refractivity contribution in [2.24, 2.45) is 0 Å². The van der Waals surface area contributed by atoms with Crippen molar-refractivity contribution in [2.45, 2.75) is 25.7 Å². The Morgan fingerprint density at radius 1 is 1.36 bits per heavy atom. The summed E-state index contributed by atoms with van der Waals surface area (Å²) in [6.07, 6.45) is -5.78. The van der Waals surface area contributed by atoms with Crippen molar-refractivity contribution >= 4 is 29.5 Å². The van der Waals surface area contributed by atoms with Crippen LogP contribution in [-0.2, 0) is 27.0 Å². The van der Waals surface area contributed by atoms with Gasteiger partial charge >= 0.3 is 18.2 Å². The molecule has 1 heterocycles. The first-order valence-electron chi connectivity index (χ1n) is 6.65. The number of halogens is 4. The van der Waals surface area contributed by atoms with E-state index in [1.807, 2.05) is 5.32 Å². The molecule has 0 aliphatic heterocycles. The first-order chi connectivity index (χ1) is 11.5. The van der Waals surface area contributed by atoms with Crippen molar-refractivity contribution in [3.63, 3.8) is 0 Å². The average molecular weight is 384 g/mol. The third-order valence-electron chi connectivity index (χ3n) is 2.81. The van der Waals surface area contributed by atoms with E-state index in [4.69, 9.17) is 11.6 Å². The minimum absolute atomic E-state index is 0.407. The standard InChI is InChI=1S/C13H13ClF3N3O5/c1-6(10(22)19-12(24)18-2)25-9(21)5-20-4-7(13(15,16)17)3-8(14)11(20)23/h3-4,6H,5H2,1-2H3,(H2,18,19,22,24)/t6-/m1/s1. The predicted octanol–water partition coefficient (Wildman–Crippen LogP) is 0.908. The monoisotopic (exact) mass is 383 g/mol. The fourth-order valence-corrected chi connectivity index (χ4v) is 1.80. The van der Waals surface area contributed by atoms with Crippen molar-refractivity contribution in [3.05, 3.63) is 33.2 Å². The second kappa shape index (κ2) is 8.01. The molecule has 0 aliphatic rings. The molecule has 1 atom stereocenters. The minimum atomic E-state index is -4.77. The molecular weight excluding hydrogens is 371 g/mol. The number of nitrogens with one attached hydrogen (secondary N) is 2. The molecule has 8 nitrogen and oxygen atoms in total. The smallest absolute Gasteiger partial charge is 0.417 e. The van der Waals surface area contributed by atoms with Crippen molar-refractivity contribution in [3.8, 4) is 0 Å². The van der Waals surface area contributed by atoms with Crippen molar-refractivity contribution in [2.75, 3.05) is 7.05 Å². The molecule has 1 rings (SSSR count). The summed E-state index contributed by atoms with van der Waals surface area (Å²) in [7, 11) is 1.25. The van der Waals surface area contributed by atoms with Crippen LogP contribution in [0.25, 0.3) is 0 Å². The van der Waals surface area contributed by atoms with Gasteiger partial charge in [0.1, 0.15) is 11.6 Å². The molecule has 25 heavy (non-hydrogen) atoms. The maximum absolute atomic E-state index is 12.7. The molecule has 0 saturated carbocycles. The normalized spacial score (nSPS) is 12.2. The Morgan fingerprint density at radius 2 is 1.96 bits per heavy atom. The number of pyridine rings is 1. The van der Waals surface area contributed by atoms with E-state index in [-0.39, 0.29) is 0 Å². The van der Waals surface area contributed by atoms with Gasteiger partial charge < -0.3 is 14.6 Å². The zero-order valence-corrected chi connectivity index (χ0v) is 13.7. The van der Waals surface area contributed by atoms with Crippen molar-refractivity contribution in [1.29, 1.82) is 0 Å². The van der Waals surface area contributed by atoms with Gasteiger partial charge in [0.15, 0.2) is 6.10 Å². The van der Waals surface area contributed by atoms with Crippen LogP contribution in [0.1, 0.15) is 12.5 Å². The number of urea groups is 1. The van der Waals surface area contributed by atoms with Gasteiger partial charge in [0, 0.05) is 13.2 Å². The molecule has 0 aromatic carbocycles. The van der Waals surface area contributed by atoms with E-state index in [0.717, 1.165) is 6.92 Å². The van der Waals surface area contributed by atoms with E-state index < -0.39 is 52.9 Å². The predicted molar refractivity (Wildman–Crippen MR) is 78.9 cm³/mol. The molecule has 0 bridgehead atoms. The average Bonchev–Trinajstić information content (AvgIpc) is 2.50. The lowest BCUT2D eigenvalue weighted by Gasteiger charge is -2.14. The third-order valence-corrected chi connectivity index (χ3v) is 3.08. The first kappa shape index (κ1) is 20.5. The minimum Gasteiger partial charge on any atom is -0.451 e. The number of imide groups is 1. The summed E-state index contributed by atoms with van der Waals surface area (Å²) >= 11 is 5.44. The molecule has 3 amide bonds. The summed E-state index contributed by atoms with van der Waals surface area (Å²) in [6, 6.07) is -0.403. The highest BCUT2D eigenvalue weighted by Gasteiger charge is 2.32. The van der Waals surface area contributed by atoms with Crippen LogP contribution in [0.2, 0.25) is 5.02 Å². The van der Waals surface area contributed by atoms with Crippen LogP contribution < -0.4 is 16.2 Å². The topological polar surface area (TPSA) is 106 Å². The Labute approximate surface area is 143 Å². The Bertz CT molecular complexity index is 747. The largest absolute Gasteiger partial charge is 0.451 e. The van der Waals surface area contributed by atoms with Gasteiger partial charge in [-0.3, -0.25) is 19.7 Å². The molecule has 0 saturated heterocycles. The van der Waals surface area contributed by atoms with Crippen LogP contribution in [0, 0.1) is 0 Å². The molecule has 1 aromatic heterocycles. The molecule has 0 unspecified atom stereocenters. The van der Waals surface area contributed by atoms with Gasteiger partial charge in [0.05, 0.1) is 5.56 Å². The summed E-state index contributed by atoms with van der Waals surface area (Å²) in [5, 5.41) is 3.21. The van der Waals surface area contributed by atoms with Crippen LogP contribution in [-0.4, -0.2) is 35.6 Å². The van der Waals surface area contributed by atoms with E-state index in [0.29, 0.717) is 16.8 Å².